The zero-order valence-electron chi connectivity index (χ0n) is 12.3. The summed E-state index contributed by atoms with van der Waals surface area (Å²) in [7, 11) is 3.50. The molecule has 4 nitrogen and oxygen atoms in total. The summed E-state index contributed by atoms with van der Waals surface area (Å²) < 4.78 is 10.5. The van der Waals surface area contributed by atoms with Gasteiger partial charge in [0.05, 0.1) is 13.2 Å². The maximum atomic E-state index is 6.54. The molecule has 1 atom stereocenters. The van der Waals surface area contributed by atoms with Gasteiger partial charge < -0.3 is 15.2 Å². The lowest BCUT2D eigenvalue weighted by atomic mass is 9.82. The molecule has 0 spiro atoms. The van der Waals surface area contributed by atoms with Gasteiger partial charge in [0.25, 0.3) is 0 Å². The summed E-state index contributed by atoms with van der Waals surface area (Å²) in [5.74, 6) is 0. The van der Waals surface area contributed by atoms with Crippen molar-refractivity contribution in [2.24, 2.45) is 5.73 Å². The van der Waals surface area contributed by atoms with Crippen molar-refractivity contribution < 1.29 is 9.47 Å². The molecule has 0 heterocycles. The molecule has 1 aliphatic rings. The molecule has 0 aromatic carbocycles. The lowest BCUT2D eigenvalue weighted by Gasteiger charge is -2.40. The molecule has 0 amide bonds. The summed E-state index contributed by atoms with van der Waals surface area (Å²) in [4.78, 5) is 2.42. The molecule has 1 fully saturated rings. The van der Waals surface area contributed by atoms with Gasteiger partial charge in [-0.15, -0.1) is 0 Å². The molecule has 0 saturated heterocycles. The Kier molecular flexibility index (Phi) is 7.15. The number of nitrogens with two attached hydrogens (primary N) is 1. The van der Waals surface area contributed by atoms with Gasteiger partial charge in [-0.2, -0.15) is 0 Å². The zero-order chi connectivity index (χ0) is 13.4. The van der Waals surface area contributed by atoms with Gasteiger partial charge in [-0.3, -0.25) is 4.90 Å². The molecule has 0 aromatic rings. The van der Waals surface area contributed by atoms with Crippen molar-refractivity contribution in [3.8, 4) is 0 Å². The van der Waals surface area contributed by atoms with Gasteiger partial charge in [-0.05, 0) is 19.8 Å². The van der Waals surface area contributed by atoms with E-state index in [0.717, 1.165) is 39.1 Å². The normalized spacial score (nSPS) is 21.2. The largest absolute Gasteiger partial charge is 0.383 e. The highest BCUT2D eigenvalue weighted by molar-refractivity contribution is 4.91. The first-order valence-corrected chi connectivity index (χ1v) is 7.12. The quantitative estimate of drug-likeness (QED) is 0.719. The third-order valence-corrected chi connectivity index (χ3v) is 3.98. The SMILES string of the molecule is COCCN(CC1(N)CCCCC1)C(C)COC. The van der Waals surface area contributed by atoms with Crippen LogP contribution in [-0.4, -0.2) is 57.0 Å². The Morgan fingerprint density at radius 2 is 1.83 bits per heavy atom. The molecule has 1 rings (SSSR count). The summed E-state index contributed by atoms with van der Waals surface area (Å²) in [6, 6.07) is 0.396. The Morgan fingerprint density at radius 3 is 2.39 bits per heavy atom. The van der Waals surface area contributed by atoms with Crippen LogP contribution < -0.4 is 5.73 Å². The summed E-state index contributed by atoms with van der Waals surface area (Å²) in [5, 5.41) is 0. The van der Waals surface area contributed by atoms with Crippen LogP contribution in [0.25, 0.3) is 0 Å². The second-order valence-electron chi connectivity index (χ2n) is 5.69. The third-order valence-electron chi connectivity index (χ3n) is 3.98. The van der Waals surface area contributed by atoms with Crippen molar-refractivity contribution >= 4 is 0 Å². The van der Waals surface area contributed by atoms with Crippen LogP contribution in [0.3, 0.4) is 0 Å². The van der Waals surface area contributed by atoms with Crippen molar-refractivity contribution in [1.29, 1.82) is 0 Å². The average Bonchev–Trinajstić information content (AvgIpc) is 2.35. The number of ether oxygens (including phenoxy) is 2. The maximum absolute atomic E-state index is 6.54. The summed E-state index contributed by atoms with van der Waals surface area (Å²) in [6.07, 6.45) is 6.18. The number of hydrogen-bond acceptors (Lipinski definition) is 4. The van der Waals surface area contributed by atoms with Gasteiger partial charge in [-0.1, -0.05) is 19.3 Å². The number of rotatable bonds is 8. The van der Waals surface area contributed by atoms with E-state index in [-0.39, 0.29) is 5.54 Å². The van der Waals surface area contributed by atoms with E-state index in [1.165, 1.54) is 19.3 Å². The molecular formula is C14H30N2O2. The molecule has 0 aliphatic heterocycles. The van der Waals surface area contributed by atoms with Crippen LogP contribution in [-0.2, 0) is 9.47 Å². The van der Waals surface area contributed by atoms with Crippen LogP contribution in [0.5, 0.6) is 0 Å². The Balaban J connectivity index is 2.52. The standard InChI is InChI=1S/C14H30N2O2/c1-13(11-18-3)16(9-10-17-2)12-14(15)7-5-4-6-8-14/h13H,4-12,15H2,1-3H3. The van der Waals surface area contributed by atoms with E-state index in [0.29, 0.717) is 6.04 Å². The van der Waals surface area contributed by atoms with Gasteiger partial charge in [-0.25, -0.2) is 0 Å². The maximum Gasteiger partial charge on any atom is 0.0615 e. The number of hydrogen-bond donors (Lipinski definition) is 1. The van der Waals surface area contributed by atoms with E-state index in [1.807, 2.05) is 0 Å². The van der Waals surface area contributed by atoms with Crippen LogP contribution >= 0.6 is 0 Å². The van der Waals surface area contributed by atoms with E-state index in [2.05, 4.69) is 11.8 Å². The fourth-order valence-electron chi connectivity index (χ4n) is 2.83. The Hall–Kier alpha value is -0.160. The average molecular weight is 258 g/mol. The zero-order valence-corrected chi connectivity index (χ0v) is 12.3. The highest BCUT2D eigenvalue weighted by Gasteiger charge is 2.31. The van der Waals surface area contributed by atoms with Crippen LogP contribution in [0, 0.1) is 0 Å². The van der Waals surface area contributed by atoms with Gasteiger partial charge >= 0.3 is 0 Å². The second kappa shape index (κ2) is 8.10. The molecule has 108 valence electrons. The molecule has 4 heteroatoms. The van der Waals surface area contributed by atoms with Crippen molar-refractivity contribution in [1.82, 2.24) is 4.90 Å². The Morgan fingerprint density at radius 1 is 1.17 bits per heavy atom. The minimum absolute atomic E-state index is 0.00596. The van der Waals surface area contributed by atoms with Crippen molar-refractivity contribution in [3.05, 3.63) is 0 Å². The molecule has 1 saturated carbocycles. The molecule has 0 aromatic heterocycles. The lowest BCUT2D eigenvalue weighted by Crippen LogP contribution is -2.54. The fraction of sp³-hybridized carbons (Fsp3) is 1.00. The molecule has 1 unspecified atom stereocenters. The van der Waals surface area contributed by atoms with E-state index in [4.69, 9.17) is 15.2 Å². The fourth-order valence-corrected chi connectivity index (χ4v) is 2.83. The van der Waals surface area contributed by atoms with Crippen molar-refractivity contribution in [3.63, 3.8) is 0 Å². The van der Waals surface area contributed by atoms with E-state index in [9.17, 15) is 0 Å². The van der Waals surface area contributed by atoms with Crippen LogP contribution in [0.1, 0.15) is 39.0 Å². The number of methoxy groups -OCH3 is 2. The summed E-state index contributed by atoms with van der Waals surface area (Å²) >= 11 is 0. The molecular weight excluding hydrogens is 228 g/mol. The summed E-state index contributed by atoms with van der Waals surface area (Å²) in [6.45, 7) is 5.59. The minimum Gasteiger partial charge on any atom is -0.383 e. The molecule has 0 bridgehead atoms. The Labute approximate surface area is 112 Å². The van der Waals surface area contributed by atoms with E-state index in [1.54, 1.807) is 14.2 Å². The topological polar surface area (TPSA) is 47.7 Å². The Bertz CT molecular complexity index is 218. The van der Waals surface area contributed by atoms with Gasteiger partial charge in [0.15, 0.2) is 0 Å². The van der Waals surface area contributed by atoms with Crippen molar-refractivity contribution in [2.75, 3.05) is 40.5 Å². The second-order valence-corrected chi connectivity index (χ2v) is 5.69. The minimum atomic E-state index is -0.00596. The first-order chi connectivity index (χ1) is 8.61. The number of nitrogens with zero attached hydrogens (tertiary/aromatic N) is 1. The van der Waals surface area contributed by atoms with Crippen LogP contribution in [0.4, 0.5) is 0 Å². The van der Waals surface area contributed by atoms with Gasteiger partial charge in [0.2, 0.25) is 0 Å². The first-order valence-electron chi connectivity index (χ1n) is 7.12. The molecule has 1 aliphatic carbocycles. The highest BCUT2D eigenvalue weighted by Crippen LogP contribution is 2.27. The van der Waals surface area contributed by atoms with Gasteiger partial charge in [0.1, 0.15) is 0 Å². The van der Waals surface area contributed by atoms with E-state index >= 15 is 0 Å². The molecule has 18 heavy (non-hydrogen) atoms. The van der Waals surface area contributed by atoms with Crippen LogP contribution in [0.2, 0.25) is 0 Å². The predicted molar refractivity (Wildman–Crippen MR) is 74.8 cm³/mol. The molecule has 2 N–H and O–H groups in total. The monoisotopic (exact) mass is 258 g/mol. The van der Waals surface area contributed by atoms with E-state index < -0.39 is 0 Å². The predicted octanol–water partition coefficient (Wildman–Crippen LogP) is 1.63. The first kappa shape index (κ1) is 15.9. The van der Waals surface area contributed by atoms with Gasteiger partial charge in [0, 0.05) is 38.9 Å². The van der Waals surface area contributed by atoms with Crippen molar-refractivity contribution in [2.45, 2.75) is 50.6 Å². The highest BCUT2D eigenvalue weighted by atomic mass is 16.5. The lowest BCUT2D eigenvalue weighted by molar-refractivity contribution is 0.0538. The van der Waals surface area contributed by atoms with Crippen LogP contribution in [0.15, 0.2) is 0 Å². The summed E-state index contributed by atoms with van der Waals surface area (Å²) in [5.41, 5.74) is 6.54. The smallest absolute Gasteiger partial charge is 0.0615 e. The molecule has 0 radical (unpaired) electrons. The third kappa shape index (κ3) is 5.22.